The number of hydrogen-bond donors (Lipinski definition) is 2. The number of phenolic OH excluding ortho intramolecular Hbond substituents is 1. The predicted molar refractivity (Wildman–Crippen MR) is 73.5 cm³/mol. The summed E-state index contributed by atoms with van der Waals surface area (Å²) in [6, 6.07) is 7.20. The van der Waals surface area contributed by atoms with Gasteiger partial charge in [0.05, 0.1) is 6.42 Å². The molecule has 1 aromatic rings. The summed E-state index contributed by atoms with van der Waals surface area (Å²) in [5.41, 5.74) is 1.18. The highest BCUT2D eigenvalue weighted by Gasteiger charge is 2.23. The molecule has 1 amide bonds. The van der Waals surface area contributed by atoms with Gasteiger partial charge in [0.2, 0.25) is 5.91 Å². The van der Waals surface area contributed by atoms with Gasteiger partial charge < -0.3 is 15.1 Å². The highest BCUT2D eigenvalue weighted by atomic mass is 16.4. The number of nitrogens with zero attached hydrogens (tertiary/aromatic N) is 1. The Labute approximate surface area is 117 Å². The standard InChI is InChI=1S/C15H19NO4/c17-13-3-1-11(2-4-13)12-7-9-16(10-8-12)14(18)5-6-15(19)20/h1-4,12,17H,5-10H2,(H,19,20). The molecule has 1 aliphatic heterocycles. The summed E-state index contributed by atoms with van der Waals surface area (Å²) in [5, 5.41) is 17.9. The summed E-state index contributed by atoms with van der Waals surface area (Å²) in [6.07, 6.45) is 1.74. The molecule has 1 saturated heterocycles. The number of carboxylic acid groups (broad SMARTS) is 1. The lowest BCUT2D eigenvalue weighted by molar-refractivity contribution is -0.141. The lowest BCUT2D eigenvalue weighted by Crippen LogP contribution is -2.38. The zero-order valence-electron chi connectivity index (χ0n) is 11.3. The summed E-state index contributed by atoms with van der Waals surface area (Å²) in [4.78, 5) is 24.0. The van der Waals surface area contributed by atoms with Crippen LogP contribution in [-0.4, -0.2) is 40.1 Å². The molecule has 108 valence electrons. The Kier molecular flexibility index (Phi) is 4.61. The van der Waals surface area contributed by atoms with Crippen LogP contribution >= 0.6 is 0 Å². The zero-order valence-corrected chi connectivity index (χ0v) is 11.3. The zero-order chi connectivity index (χ0) is 14.5. The van der Waals surface area contributed by atoms with E-state index in [4.69, 9.17) is 5.11 Å². The molecule has 1 fully saturated rings. The number of aliphatic carboxylic acids is 1. The van der Waals surface area contributed by atoms with E-state index in [1.807, 2.05) is 12.1 Å². The number of phenols is 1. The van der Waals surface area contributed by atoms with Gasteiger partial charge in [0, 0.05) is 19.5 Å². The van der Waals surface area contributed by atoms with Gasteiger partial charge in [-0.2, -0.15) is 0 Å². The minimum absolute atomic E-state index is 0.0726. The molecule has 2 rings (SSSR count). The van der Waals surface area contributed by atoms with Crippen LogP contribution in [0.1, 0.15) is 37.2 Å². The van der Waals surface area contributed by atoms with Crippen molar-refractivity contribution in [1.82, 2.24) is 4.90 Å². The van der Waals surface area contributed by atoms with Gasteiger partial charge in [0.15, 0.2) is 0 Å². The van der Waals surface area contributed by atoms with E-state index in [-0.39, 0.29) is 24.5 Å². The van der Waals surface area contributed by atoms with Crippen LogP contribution in [0.25, 0.3) is 0 Å². The monoisotopic (exact) mass is 277 g/mol. The number of rotatable bonds is 4. The van der Waals surface area contributed by atoms with Gasteiger partial charge >= 0.3 is 5.97 Å². The van der Waals surface area contributed by atoms with Crippen LogP contribution in [0.4, 0.5) is 0 Å². The molecule has 0 aromatic heterocycles. The summed E-state index contributed by atoms with van der Waals surface area (Å²) in [7, 11) is 0. The summed E-state index contributed by atoms with van der Waals surface area (Å²) in [5.74, 6) is -0.344. The second kappa shape index (κ2) is 6.41. The second-order valence-electron chi connectivity index (χ2n) is 5.14. The average Bonchev–Trinajstić information content (AvgIpc) is 2.46. The normalized spacial score (nSPS) is 16.1. The molecule has 0 aliphatic carbocycles. The molecule has 20 heavy (non-hydrogen) atoms. The molecule has 5 nitrogen and oxygen atoms in total. The fraction of sp³-hybridized carbons (Fsp3) is 0.467. The Hall–Kier alpha value is -2.04. The Morgan fingerprint density at radius 3 is 2.25 bits per heavy atom. The number of carbonyl (C=O) groups excluding carboxylic acids is 1. The first-order chi connectivity index (χ1) is 9.56. The summed E-state index contributed by atoms with van der Waals surface area (Å²) >= 11 is 0. The lowest BCUT2D eigenvalue weighted by atomic mass is 9.89. The quantitative estimate of drug-likeness (QED) is 0.882. The lowest BCUT2D eigenvalue weighted by Gasteiger charge is -2.32. The van der Waals surface area contributed by atoms with Crippen molar-refractivity contribution < 1.29 is 19.8 Å². The smallest absolute Gasteiger partial charge is 0.303 e. The van der Waals surface area contributed by atoms with E-state index in [9.17, 15) is 14.7 Å². The molecular formula is C15H19NO4. The molecule has 0 unspecified atom stereocenters. The number of benzene rings is 1. The average molecular weight is 277 g/mol. The summed E-state index contributed by atoms with van der Waals surface area (Å²) in [6.45, 7) is 1.34. The van der Waals surface area contributed by atoms with E-state index < -0.39 is 5.97 Å². The van der Waals surface area contributed by atoms with Crippen LogP contribution in [0, 0.1) is 0 Å². The maximum atomic E-state index is 11.8. The first kappa shape index (κ1) is 14.4. The van der Waals surface area contributed by atoms with Gasteiger partial charge in [-0.05, 0) is 36.5 Å². The van der Waals surface area contributed by atoms with Crippen molar-refractivity contribution in [3.8, 4) is 5.75 Å². The van der Waals surface area contributed by atoms with Gasteiger partial charge in [0.1, 0.15) is 5.75 Å². The van der Waals surface area contributed by atoms with Crippen molar-refractivity contribution in [2.45, 2.75) is 31.6 Å². The summed E-state index contributed by atoms with van der Waals surface area (Å²) < 4.78 is 0. The molecule has 0 bridgehead atoms. The first-order valence-electron chi connectivity index (χ1n) is 6.85. The van der Waals surface area contributed by atoms with Crippen LogP contribution in [0.15, 0.2) is 24.3 Å². The van der Waals surface area contributed by atoms with Gasteiger partial charge in [0.25, 0.3) is 0 Å². The molecule has 0 saturated carbocycles. The number of piperidine rings is 1. The SMILES string of the molecule is O=C(O)CCC(=O)N1CCC(c2ccc(O)cc2)CC1. The van der Waals surface area contributed by atoms with Crippen LogP contribution in [0.3, 0.4) is 0 Å². The molecule has 1 aromatic carbocycles. The fourth-order valence-electron chi connectivity index (χ4n) is 2.58. The molecule has 0 spiro atoms. The Morgan fingerprint density at radius 1 is 1.10 bits per heavy atom. The molecule has 0 radical (unpaired) electrons. The van der Waals surface area contributed by atoms with E-state index >= 15 is 0 Å². The van der Waals surface area contributed by atoms with E-state index in [0.717, 1.165) is 12.8 Å². The van der Waals surface area contributed by atoms with Crippen molar-refractivity contribution >= 4 is 11.9 Å². The van der Waals surface area contributed by atoms with Crippen molar-refractivity contribution in [1.29, 1.82) is 0 Å². The van der Waals surface area contributed by atoms with Gasteiger partial charge in [-0.1, -0.05) is 12.1 Å². The van der Waals surface area contributed by atoms with Crippen LogP contribution in [0.5, 0.6) is 5.75 Å². The highest BCUT2D eigenvalue weighted by molar-refractivity contribution is 5.80. The topological polar surface area (TPSA) is 77.8 Å². The molecule has 1 heterocycles. The number of hydrogen-bond acceptors (Lipinski definition) is 3. The highest BCUT2D eigenvalue weighted by Crippen LogP contribution is 2.29. The van der Waals surface area contributed by atoms with Crippen molar-refractivity contribution in [3.05, 3.63) is 29.8 Å². The number of carbonyl (C=O) groups is 2. The largest absolute Gasteiger partial charge is 0.508 e. The Bertz CT molecular complexity index is 475. The molecule has 1 aliphatic rings. The van der Waals surface area contributed by atoms with E-state index in [1.165, 1.54) is 5.56 Å². The van der Waals surface area contributed by atoms with Crippen LogP contribution in [-0.2, 0) is 9.59 Å². The van der Waals surface area contributed by atoms with E-state index in [0.29, 0.717) is 19.0 Å². The van der Waals surface area contributed by atoms with Crippen LogP contribution < -0.4 is 0 Å². The minimum atomic E-state index is -0.933. The van der Waals surface area contributed by atoms with Gasteiger partial charge in [-0.25, -0.2) is 0 Å². The third-order valence-electron chi connectivity index (χ3n) is 3.76. The number of aromatic hydroxyl groups is 1. The van der Waals surface area contributed by atoms with E-state index in [2.05, 4.69) is 0 Å². The van der Waals surface area contributed by atoms with Gasteiger partial charge in [-0.15, -0.1) is 0 Å². The Balaban J connectivity index is 1.84. The number of likely N-dealkylation sites (tertiary alicyclic amines) is 1. The molecule has 2 N–H and O–H groups in total. The molecule has 0 atom stereocenters. The maximum absolute atomic E-state index is 11.8. The van der Waals surface area contributed by atoms with Crippen molar-refractivity contribution in [2.24, 2.45) is 0 Å². The molecule has 5 heteroatoms. The number of amides is 1. The molecular weight excluding hydrogens is 258 g/mol. The maximum Gasteiger partial charge on any atom is 0.303 e. The fourth-order valence-corrected chi connectivity index (χ4v) is 2.58. The van der Waals surface area contributed by atoms with E-state index in [1.54, 1.807) is 17.0 Å². The first-order valence-corrected chi connectivity index (χ1v) is 6.85. The third-order valence-corrected chi connectivity index (χ3v) is 3.76. The van der Waals surface area contributed by atoms with Crippen molar-refractivity contribution in [2.75, 3.05) is 13.1 Å². The van der Waals surface area contributed by atoms with Gasteiger partial charge in [-0.3, -0.25) is 9.59 Å². The Morgan fingerprint density at radius 2 is 1.70 bits per heavy atom. The number of carboxylic acids is 1. The second-order valence-corrected chi connectivity index (χ2v) is 5.14. The minimum Gasteiger partial charge on any atom is -0.508 e. The predicted octanol–water partition coefficient (Wildman–Crippen LogP) is 1.96. The van der Waals surface area contributed by atoms with Crippen LogP contribution in [0.2, 0.25) is 0 Å². The third kappa shape index (κ3) is 3.73. The van der Waals surface area contributed by atoms with Crippen molar-refractivity contribution in [3.63, 3.8) is 0 Å².